The Morgan fingerprint density at radius 2 is 1.73 bits per heavy atom. The predicted octanol–water partition coefficient (Wildman–Crippen LogP) is -1.28. The van der Waals surface area contributed by atoms with Gasteiger partial charge in [-0.1, -0.05) is 6.92 Å². The molecule has 0 aromatic heterocycles. The van der Waals surface area contributed by atoms with Gasteiger partial charge in [-0.2, -0.15) is 0 Å². The lowest BCUT2D eigenvalue weighted by Crippen LogP contribution is -2.35. The molecule has 0 fully saturated rings. The van der Waals surface area contributed by atoms with Crippen molar-refractivity contribution in [3.05, 3.63) is 0 Å². The Kier molecular flexibility index (Phi) is 5.71. The van der Waals surface area contributed by atoms with E-state index >= 15 is 0 Å². The van der Waals surface area contributed by atoms with Crippen LogP contribution in [0.4, 0.5) is 0 Å². The first kappa shape index (κ1) is 14.8. The van der Waals surface area contributed by atoms with Crippen LogP contribution in [0, 0.1) is 0 Å². The van der Waals surface area contributed by atoms with Crippen LogP contribution in [0.1, 0.15) is 13.3 Å². The maximum atomic E-state index is 11.2. The van der Waals surface area contributed by atoms with Crippen LogP contribution in [-0.4, -0.2) is 52.4 Å². The molecule has 0 bridgehead atoms. The van der Waals surface area contributed by atoms with Gasteiger partial charge in [0.1, 0.15) is 9.84 Å². The molecule has 0 saturated carbocycles. The molecule has 15 heavy (non-hydrogen) atoms. The van der Waals surface area contributed by atoms with E-state index in [0.717, 1.165) is 6.26 Å². The first-order chi connectivity index (χ1) is 6.66. The van der Waals surface area contributed by atoms with Crippen LogP contribution in [-0.2, 0) is 19.9 Å². The summed E-state index contributed by atoms with van der Waals surface area (Å²) < 4.78 is 46.0. The van der Waals surface area contributed by atoms with Crippen LogP contribution < -0.4 is 4.72 Å². The number of sulfone groups is 1. The molecule has 1 unspecified atom stereocenters. The normalized spacial score (nSPS) is 15.1. The van der Waals surface area contributed by atoms with Gasteiger partial charge in [-0.3, -0.25) is 0 Å². The van der Waals surface area contributed by atoms with Crippen molar-refractivity contribution < 1.29 is 21.9 Å². The third-order valence-corrected chi connectivity index (χ3v) is 4.29. The number of hydrogen-bond acceptors (Lipinski definition) is 5. The van der Waals surface area contributed by atoms with Gasteiger partial charge in [-0.15, -0.1) is 0 Å². The van der Waals surface area contributed by atoms with Crippen molar-refractivity contribution >= 4 is 19.9 Å². The first-order valence-corrected chi connectivity index (χ1v) is 8.20. The molecule has 0 heterocycles. The van der Waals surface area contributed by atoms with Crippen molar-refractivity contribution in [3.8, 4) is 0 Å². The molecule has 8 heteroatoms. The fraction of sp³-hybridized carbons (Fsp3) is 1.00. The summed E-state index contributed by atoms with van der Waals surface area (Å²) in [6.45, 7) is 1.64. The SMILES string of the molecule is CCC(O)CNS(=O)(=O)CCS(C)(=O)=O. The van der Waals surface area contributed by atoms with Crippen molar-refractivity contribution in [1.82, 2.24) is 4.72 Å². The number of nitrogens with one attached hydrogen (secondary N) is 1. The number of aliphatic hydroxyl groups is 1. The fourth-order valence-electron chi connectivity index (χ4n) is 0.701. The minimum Gasteiger partial charge on any atom is -0.392 e. The average Bonchev–Trinajstić information content (AvgIpc) is 2.10. The van der Waals surface area contributed by atoms with E-state index < -0.39 is 37.5 Å². The Morgan fingerprint density at radius 1 is 1.20 bits per heavy atom. The van der Waals surface area contributed by atoms with Crippen LogP contribution in [0.5, 0.6) is 0 Å². The Bertz CT molecular complexity index is 372. The van der Waals surface area contributed by atoms with Gasteiger partial charge in [-0.05, 0) is 6.42 Å². The van der Waals surface area contributed by atoms with Gasteiger partial charge in [0.25, 0.3) is 0 Å². The number of aliphatic hydroxyl groups excluding tert-OH is 1. The Balaban J connectivity index is 4.10. The van der Waals surface area contributed by atoms with E-state index in [1.807, 2.05) is 0 Å². The summed E-state index contributed by atoms with van der Waals surface area (Å²) in [4.78, 5) is 0. The van der Waals surface area contributed by atoms with E-state index in [2.05, 4.69) is 4.72 Å². The molecule has 0 aliphatic heterocycles. The molecule has 6 nitrogen and oxygen atoms in total. The largest absolute Gasteiger partial charge is 0.392 e. The molecule has 0 aliphatic carbocycles. The van der Waals surface area contributed by atoms with E-state index in [4.69, 9.17) is 5.11 Å². The zero-order valence-electron chi connectivity index (χ0n) is 8.80. The fourth-order valence-corrected chi connectivity index (χ4v) is 3.38. The minimum absolute atomic E-state index is 0.0808. The van der Waals surface area contributed by atoms with Crippen LogP contribution in [0.25, 0.3) is 0 Å². The lowest BCUT2D eigenvalue weighted by Gasteiger charge is -2.09. The summed E-state index contributed by atoms with van der Waals surface area (Å²) in [6, 6.07) is 0. The molecule has 0 spiro atoms. The van der Waals surface area contributed by atoms with Crippen LogP contribution in [0.2, 0.25) is 0 Å². The smallest absolute Gasteiger partial charge is 0.212 e. The minimum atomic E-state index is -3.61. The van der Waals surface area contributed by atoms with Crippen molar-refractivity contribution in [3.63, 3.8) is 0 Å². The van der Waals surface area contributed by atoms with Crippen molar-refractivity contribution in [2.75, 3.05) is 24.3 Å². The molecule has 2 N–H and O–H groups in total. The third kappa shape index (κ3) is 8.79. The molecule has 0 radical (unpaired) electrons. The second kappa shape index (κ2) is 5.78. The number of sulfonamides is 1. The summed E-state index contributed by atoms with van der Waals surface area (Å²) >= 11 is 0. The zero-order chi connectivity index (χ0) is 12.1. The molecule has 0 aromatic rings. The highest BCUT2D eigenvalue weighted by atomic mass is 32.2. The van der Waals surface area contributed by atoms with Gasteiger partial charge < -0.3 is 5.11 Å². The maximum Gasteiger partial charge on any atom is 0.212 e. The molecule has 0 amide bonds. The van der Waals surface area contributed by atoms with Gasteiger partial charge in [-0.25, -0.2) is 21.6 Å². The topological polar surface area (TPSA) is 101 Å². The van der Waals surface area contributed by atoms with Gasteiger partial charge in [0.2, 0.25) is 10.0 Å². The van der Waals surface area contributed by atoms with E-state index in [0.29, 0.717) is 6.42 Å². The summed E-state index contributed by atoms with van der Waals surface area (Å²) in [6.07, 6.45) is 0.677. The van der Waals surface area contributed by atoms with E-state index in [-0.39, 0.29) is 6.54 Å². The first-order valence-electron chi connectivity index (χ1n) is 4.49. The molecule has 0 aliphatic rings. The molecule has 1 atom stereocenters. The highest BCUT2D eigenvalue weighted by molar-refractivity contribution is 7.93. The predicted molar refractivity (Wildman–Crippen MR) is 57.8 cm³/mol. The van der Waals surface area contributed by atoms with Gasteiger partial charge in [0.15, 0.2) is 0 Å². The molecule has 0 aromatic carbocycles. The highest BCUT2D eigenvalue weighted by Gasteiger charge is 2.15. The lowest BCUT2D eigenvalue weighted by molar-refractivity contribution is 0.174. The molecule has 0 rings (SSSR count). The summed E-state index contributed by atoms with van der Waals surface area (Å²) in [5.74, 6) is -0.882. The van der Waals surface area contributed by atoms with Gasteiger partial charge in [0.05, 0.1) is 17.6 Å². The summed E-state index contributed by atoms with van der Waals surface area (Å²) in [5, 5.41) is 9.10. The van der Waals surface area contributed by atoms with Gasteiger partial charge >= 0.3 is 0 Å². The second-order valence-corrected chi connectivity index (χ2v) is 7.55. The van der Waals surface area contributed by atoms with Crippen molar-refractivity contribution in [2.24, 2.45) is 0 Å². The third-order valence-electron chi connectivity index (χ3n) is 1.73. The van der Waals surface area contributed by atoms with E-state index in [1.54, 1.807) is 6.92 Å². The molecule has 92 valence electrons. The monoisotopic (exact) mass is 259 g/mol. The molecule has 0 saturated heterocycles. The quantitative estimate of drug-likeness (QED) is 0.593. The van der Waals surface area contributed by atoms with Crippen LogP contribution in [0.15, 0.2) is 0 Å². The second-order valence-electron chi connectivity index (χ2n) is 3.36. The van der Waals surface area contributed by atoms with E-state index in [1.165, 1.54) is 0 Å². The summed E-state index contributed by atoms with van der Waals surface area (Å²) in [5.41, 5.74) is 0. The highest BCUT2D eigenvalue weighted by Crippen LogP contribution is 1.92. The Labute approximate surface area is 90.7 Å². The summed E-state index contributed by atoms with van der Waals surface area (Å²) in [7, 11) is -6.89. The Morgan fingerprint density at radius 3 is 2.13 bits per heavy atom. The van der Waals surface area contributed by atoms with Crippen molar-refractivity contribution in [1.29, 1.82) is 0 Å². The standard InChI is InChI=1S/C7H17NO5S2/c1-3-7(9)6-8-15(12,13)5-4-14(2,10)11/h7-9H,3-6H2,1-2H3. The van der Waals surface area contributed by atoms with Crippen molar-refractivity contribution in [2.45, 2.75) is 19.4 Å². The van der Waals surface area contributed by atoms with E-state index in [9.17, 15) is 16.8 Å². The number of hydrogen-bond donors (Lipinski definition) is 2. The lowest BCUT2D eigenvalue weighted by atomic mass is 10.3. The zero-order valence-corrected chi connectivity index (χ0v) is 10.4. The average molecular weight is 259 g/mol. The Hall–Kier alpha value is -0.180. The molecular weight excluding hydrogens is 242 g/mol. The maximum absolute atomic E-state index is 11.2. The van der Waals surface area contributed by atoms with Gasteiger partial charge in [0, 0.05) is 12.8 Å². The molecular formula is C7H17NO5S2. The number of rotatable bonds is 7. The van der Waals surface area contributed by atoms with Crippen LogP contribution >= 0.6 is 0 Å². The van der Waals surface area contributed by atoms with Crippen LogP contribution in [0.3, 0.4) is 0 Å².